The predicted molar refractivity (Wildman–Crippen MR) is 77.1 cm³/mol. The van der Waals surface area contributed by atoms with Gasteiger partial charge in [0.05, 0.1) is 11.4 Å². The summed E-state index contributed by atoms with van der Waals surface area (Å²) >= 11 is 3.59. The van der Waals surface area contributed by atoms with Crippen molar-refractivity contribution in [2.45, 2.75) is 32.9 Å². The Labute approximate surface area is 111 Å². The Morgan fingerprint density at radius 1 is 1.59 bits per heavy atom. The number of aromatic nitrogens is 2. The second-order valence-corrected chi connectivity index (χ2v) is 5.92. The molecule has 1 N–H and O–H groups in total. The van der Waals surface area contributed by atoms with E-state index >= 15 is 0 Å². The van der Waals surface area contributed by atoms with Crippen LogP contribution in [0.25, 0.3) is 4.96 Å². The van der Waals surface area contributed by atoms with Gasteiger partial charge in [-0.15, -0.1) is 11.3 Å². The number of hydrogen-bond donors (Lipinski definition) is 1. The number of nitrogens with one attached hydrogen (secondary N) is 1. The fourth-order valence-corrected chi connectivity index (χ4v) is 3.45. The molecule has 0 spiro atoms. The Morgan fingerprint density at radius 2 is 2.41 bits per heavy atom. The molecule has 94 valence electrons. The number of thiazole rings is 1. The minimum absolute atomic E-state index is 0.591. The van der Waals surface area contributed by atoms with Crippen molar-refractivity contribution in [3.8, 4) is 0 Å². The molecule has 5 heteroatoms. The van der Waals surface area contributed by atoms with Crippen molar-refractivity contribution in [2.24, 2.45) is 0 Å². The second-order valence-electron chi connectivity index (χ2n) is 4.14. The van der Waals surface area contributed by atoms with Crippen LogP contribution in [0, 0.1) is 6.92 Å². The molecule has 0 amide bonds. The van der Waals surface area contributed by atoms with Crippen molar-refractivity contribution < 1.29 is 0 Å². The third kappa shape index (κ3) is 2.84. The van der Waals surface area contributed by atoms with Gasteiger partial charge in [-0.25, -0.2) is 4.98 Å². The van der Waals surface area contributed by atoms with E-state index in [1.807, 2.05) is 11.8 Å². The molecule has 1 unspecified atom stereocenters. The molecule has 3 nitrogen and oxygen atoms in total. The van der Waals surface area contributed by atoms with Gasteiger partial charge < -0.3 is 5.32 Å². The zero-order chi connectivity index (χ0) is 12.3. The smallest absolute Gasteiger partial charge is 0.194 e. The maximum absolute atomic E-state index is 4.56. The molecule has 17 heavy (non-hydrogen) atoms. The van der Waals surface area contributed by atoms with Gasteiger partial charge in [0, 0.05) is 29.9 Å². The van der Waals surface area contributed by atoms with E-state index in [1.165, 1.54) is 17.9 Å². The second kappa shape index (κ2) is 5.89. The molecule has 0 bridgehead atoms. The predicted octanol–water partition coefficient (Wildman–Crippen LogP) is 2.94. The largest absolute Gasteiger partial charge is 0.308 e. The Bertz CT molecular complexity index is 475. The summed E-state index contributed by atoms with van der Waals surface area (Å²) in [6.45, 7) is 5.23. The molecule has 2 rings (SSSR count). The number of imidazole rings is 1. The molecule has 2 aromatic heterocycles. The third-order valence-corrected chi connectivity index (χ3v) is 4.47. The van der Waals surface area contributed by atoms with E-state index < -0.39 is 0 Å². The van der Waals surface area contributed by atoms with Gasteiger partial charge in [-0.05, 0) is 19.6 Å². The summed E-state index contributed by atoms with van der Waals surface area (Å²) in [6, 6.07) is 0.591. The summed E-state index contributed by atoms with van der Waals surface area (Å²) in [5, 5.41) is 5.71. The van der Waals surface area contributed by atoms with Crippen LogP contribution in [0.2, 0.25) is 0 Å². The summed E-state index contributed by atoms with van der Waals surface area (Å²) in [4.78, 5) is 5.65. The van der Waals surface area contributed by atoms with Gasteiger partial charge in [-0.3, -0.25) is 4.40 Å². The summed E-state index contributed by atoms with van der Waals surface area (Å²) in [7, 11) is 0. The number of hydrogen-bond acceptors (Lipinski definition) is 4. The number of rotatable bonds is 6. The van der Waals surface area contributed by atoms with Crippen LogP contribution >= 0.6 is 23.1 Å². The first-order chi connectivity index (χ1) is 8.26. The summed E-state index contributed by atoms with van der Waals surface area (Å²) in [5.41, 5.74) is 2.43. The monoisotopic (exact) mass is 269 g/mol. The normalized spacial score (nSPS) is 13.4. The lowest BCUT2D eigenvalue weighted by molar-refractivity contribution is 0.533. The highest BCUT2D eigenvalue weighted by molar-refractivity contribution is 7.98. The van der Waals surface area contributed by atoms with E-state index in [2.05, 4.69) is 46.4 Å². The molecular formula is C12H19N3S2. The number of thioether (sulfide) groups is 1. The molecule has 0 aliphatic rings. The van der Waals surface area contributed by atoms with Crippen LogP contribution < -0.4 is 5.32 Å². The van der Waals surface area contributed by atoms with Gasteiger partial charge >= 0.3 is 0 Å². The van der Waals surface area contributed by atoms with Gasteiger partial charge in [-0.1, -0.05) is 6.92 Å². The van der Waals surface area contributed by atoms with Gasteiger partial charge in [0.2, 0.25) is 0 Å². The molecule has 0 radical (unpaired) electrons. The van der Waals surface area contributed by atoms with E-state index in [-0.39, 0.29) is 0 Å². The van der Waals surface area contributed by atoms with Crippen LogP contribution in [-0.2, 0) is 6.54 Å². The minimum atomic E-state index is 0.591. The Kier molecular flexibility index (Phi) is 4.48. The molecule has 0 saturated heterocycles. The van der Waals surface area contributed by atoms with Gasteiger partial charge in [0.1, 0.15) is 0 Å². The molecule has 0 aliphatic carbocycles. The third-order valence-electron chi connectivity index (χ3n) is 2.98. The van der Waals surface area contributed by atoms with Crippen molar-refractivity contribution in [3.05, 3.63) is 23.0 Å². The fourth-order valence-electron chi connectivity index (χ4n) is 1.92. The molecule has 2 heterocycles. The summed E-state index contributed by atoms with van der Waals surface area (Å²) in [6.07, 6.45) is 5.43. The fraction of sp³-hybridized carbons (Fsp3) is 0.583. The number of fused-ring (bicyclic) bond motifs is 1. The molecule has 2 aromatic rings. The lowest BCUT2D eigenvalue weighted by atomic mass is 10.2. The van der Waals surface area contributed by atoms with Crippen molar-refractivity contribution in [1.82, 2.24) is 14.7 Å². The first kappa shape index (κ1) is 12.9. The molecule has 0 saturated carbocycles. The standard InChI is InChI=1S/C12H19N3S2/c1-4-10(8-16-3)13-7-11-9(2)14-12-15(11)5-6-17-12/h5-6,10,13H,4,7-8H2,1-3H3. The quantitative estimate of drug-likeness (QED) is 0.874. The molecule has 0 fully saturated rings. The van der Waals surface area contributed by atoms with Gasteiger partial charge in [-0.2, -0.15) is 11.8 Å². The van der Waals surface area contributed by atoms with E-state index in [4.69, 9.17) is 0 Å². The Hall–Kier alpha value is -0.520. The zero-order valence-corrected chi connectivity index (χ0v) is 12.2. The molecule has 1 atom stereocenters. The zero-order valence-electron chi connectivity index (χ0n) is 10.6. The van der Waals surface area contributed by atoms with Crippen molar-refractivity contribution in [1.29, 1.82) is 0 Å². The molecule has 0 aromatic carbocycles. The van der Waals surface area contributed by atoms with Crippen LogP contribution in [0.15, 0.2) is 11.6 Å². The highest BCUT2D eigenvalue weighted by Gasteiger charge is 2.11. The lowest BCUT2D eigenvalue weighted by Gasteiger charge is -2.15. The van der Waals surface area contributed by atoms with Crippen LogP contribution in [0.3, 0.4) is 0 Å². The first-order valence-electron chi connectivity index (χ1n) is 5.89. The average molecular weight is 269 g/mol. The van der Waals surface area contributed by atoms with E-state index in [0.29, 0.717) is 6.04 Å². The minimum Gasteiger partial charge on any atom is -0.308 e. The van der Waals surface area contributed by atoms with E-state index in [0.717, 1.165) is 17.2 Å². The maximum atomic E-state index is 4.56. The summed E-state index contributed by atoms with van der Waals surface area (Å²) in [5.74, 6) is 1.17. The van der Waals surface area contributed by atoms with E-state index in [1.54, 1.807) is 11.3 Å². The Balaban J connectivity index is 2.07. The van der Waals surface area contributed by atoms with Crippen LogP contribution in [0.4, 0.5) is 0 Å². The number of aryl methyl sites for hydroxylation is 1. The lowest BCUT2D eigenvalue weighted by Crippen LogP contribution is -2.30. The van der Waals surface area contributed by atoms with E-state index in [9.17, 15) is 0 Å². The topological polar surface area (TPSA) is 29.3 Å². The van der Waals surface area contributed by atoms with Crippen LogP contribution in [0.1, 0.15) is 24.7 Å². The Morgan fingerprint density at radius 3 is 3.12 bits per heavy atom. The summed E-state index contributed by atoms with van der Waals surface area (Å²) < 4.78 is 2.19. The number of nitrogens with zero attached hydrogens (tertiary/aromatic N) is 2. The van der Waals surface area contributed by atoms with Gasteiger partial charge in [0.25, 0.3) is 0 Å². The molecule has 0 aliphatic heterocycles. The van der Waals surface area contributed by atoms with Crippen molar-refractivity contribution in [3.63, 3.8) is 0 Å². The van der Waals surface area contributed by atoms with Crippen LogP contribution in [0.5, 0.6) is 0 Å². The average Bonchev–Trinajstić information content (AvgIpc) is 2.86. The van der Waals surface area contributed by atoms with Crippen molar-refractivity contribution in [2.75, 3.05) is 12.0 Å². The molecular weight excluding hydrogens is 250 g/mol. The van der Waals surface area contributed by atoms with Gasteiger partial charge in [0.15, 0.2) is 4.96 Å². The maximum Gasteiger partial charge on any atom is 0.194 e. The first-order valence-corrected chi connectivity index (χ1v) is 8.17. The van der Waals surface area contributed by atoms with Crippen molar-refractivity contribution >= 4 is 28.1 Å². The highest BCUT2D eigenvalue weighted by atomic mass is 32.2. The SMILES string of the molecule is CCC(CSC)NCc1c(C)nc2sccn12. The van der Waals surface area contributed by atoms with Crippen LogP contribution in [-0.4, -0.2) is 27.4 Å². The highest BCUT2D eigenvalue weighted by Crippen LogP contribution is 2.16.